The molecule has 0 radical (unpaired) electrons. The molecule has 7 rings (SSSR count). The number of carbonyl (C=O) groups excluding carboxylic acids is 1. The normalized spacial score (nSPS) is 20.4. The minimum Gasteiger partial charge on any atom is -0.508 e. The minimum atomic E-state index is -1.72. The lowest BCUT2D eigenvalue weighted by atomic mass is 9.77. The Morgan fingerprint density at radius 2 is 1.17 bits per heavy atom. The predicted octanol–water partition coefficient (Wildman–Crippen LogP) is 3.98. The summed E-state index contributed by atoms with van der Waals surface area (Å²) in [5.74, 6) is -9.84. The number of fused-ring (bicyclic) bond motifs is 2. The van der Waals surface area contributed by atoms with Crippen molar-refractivity contribution in [2.45, 2.75) is 36.8 Å². The first-order valence-corrected chi connectivity index (χ1v) is 15.8. The largest absolute Gasteiger partial charge is 0.508 e. The number of phenols is 11. The first kappa shape index (κ1) is 34.4. The highest BCUT2D eigenvalue weighted by atomic mass is 16.6. The summed E-state index contributed by atoms with van der Waals surface area (Å²) in [7, 11) is 0. The van der Waals surface area contributed by atoms with E-state index in [-0.39, 0.29) is 45.7 Å². The average Bonchev–Trinajstić information content (AvgIpc) is 3.10. The van der Waals surface area contributed by atoms with Crippen molar-refractivity contribution in [3.8, 4) is 74.7 Å². The van der Waals surface area contributed by atoms with Gasteiger partial charge in [-0.15, -0.1) is 0 Å². The van der Waals surface area contributed by atoms with Crippen LogP contribution in [0, 0.1) is 0 Å². The van der Waals surface area contributed by atoms with Crippen LogP contribution in [-0.4, -0.2) is 79.5 Å². The van der Waals surface area contributed by atoms with E-state index in [9.17, 15) is 66.1 Å². The summed E-state index contributed by atoms with van der Waals surface area (Å²) in [6.45, 7) is 0. The van der Waals surface area contributed by atoms with E-state index in [1.807, 2.05) is 0 Å². The molecule has 5 atom stereocenters. The number of aliphatic hydroxyl groups excluding tert-OH is 1. The van der Waals surface area contributed by atoms with Gasteiger partial charge in [0.25, 0.3) is 0 Å². The van der Waals surface area contributed by atoms with Gasteiger partial charge in [0.1, 0.15) is 46.7 Å². The molecule has 5 aromatic rings. The first-order chi connectivity index (χ1) is 25.1. The molecule has 12 N–H and O–H groups in total. The maximum Gasteiger partial charge on any atom is 0.338 e. The van der Waals surface area contributed by atoms with Gasteiger partial charge in [0.2, 0.25) is 0 Å². The SMILES string of the molecule is O=C(O[C@@H]1Cc2c(O)cc(O)c([C@@H]3c4c(O)cc(O)cc4O[C@H](c4ccc(O)c(O)c4)[C@H]3O)c2O[C@@H]1c1ccc(O)c(O)c1)c1cc(O)c(O)c(O)c1. The summed E-state index contributed by atoms with van der Waals surface area (Å²) in [6.07, 6.45) is -6.22. The number of ether oxygens (including phenoxy) is 3. The van der Waals surface area contributed by atoms with Crippen LogP contribution in [-0.2, 0) is 11.2 Å². The fraction of sp³-hybridized carbons (Fsp3) is 0.162. The van der Waals surface area contributed by atoms with Crippen LogP contribution in [0.25, 0.3) is 0 Å². The van der Waals surface area contributed by atoms with Gasteiger partial charge < -0.3 is 75.5 Å². The number of esters is 1. The number of benzene rings is 5. The molecule has 274 valence electrons. The minimum absolute atomic E-state index is 0.0661. The lowest BCUT2D eigenvalue weighted by molar-refractivity contribution is -0.0210. The molecule has 53 heavy (non-hydrogen) atoms. The monoisotopic (exact) mass is 730 g/mol. The van der Waals surface area contributed by atoms with Crippen LogP contribution < -0.4 is 9.47 Å². The Morgan fingerprint density at radius 1 is 0.585 bits per heavy atom. The molecule has 16 nitrogen and oxygen atoms in total. The van der Waals surface area contributed by atoms with Crippen molar-refractivity contribution in [1.29, 1.82) is 0 Å². The highest BCUT2D eigenvalue weighted by Gasteiger charge is 2.47. The molecule has 0 bridgehead atoms. The van der Waals surface area contributed by atoms with E-state index in [0.29, 0.717) is 0 Å². The third-order valence-corrected chi connectivity index (χ3v) is 9.22. The van der Waals surface area contributed by atoms with E-state index in [1.54, 1.807) is 0 Å². The van der Waals surface area contributed by atoms with Gasteiger partial charge in [0.15, 0.2) is 52.5 Å². The average molecular weight is 731 g/mol. The van der Waals surface area contributed by atoms with Crippen molar-refractivity contribution in [2.24, 2.45) is 0 Å². The molecule has 0 spiro atoms. The van der Waals surface area contributed by atoms with Crippen LogP contribution in [0.1, 0.15) is 56.3 Å². The summed E-state index contributed by atoms with van der Waals surface area (Å²) in [6, 6.07) is 11.9. The Kier molecular flexibility index (Phi) is 8.18. The number of aliphatic hydroxyl groups is 1. The Labute approximate surface area is 297 Å². The molecule has 0 fully saturated rings. The molecular weight excluding hydrogens is 700 g/mol. The smallest absolute Gasteiger partial charge is 0.338 e. The standard InChI is InChI=1S/C37H30O16/c38-16-9-23(44)29-27(10-16)51-35(14-2-4-19(40)22(43)6-14)33(49)31(29)30-24(45)12-20(41)17-11-28(52-37(50)15-7-25(46)32(48)26(47)8-15)34(53-36(17)30)13-1-3-18(39)21(42)5-13/h1-10,12,28,31,33-35,38-49H,11H2/t28-,31+,33+,34-,35-/m1/s1. The van der Waals surface area contributed by atoms with Crippen molar-refractivity contribution < 1.29 is 80.3 Å². The van der Waals surface area contributed by atoms with Gasteiger partial charge in [-0.05, 0) is 42.0 Å². The topological polar surface area (TPSA) is 288 Å². The van der Waals surface area contributed by atoms with E-state index in [4.69, 9.17) is 14.2 Å². The Bertz CT molecular complexity index is 2280. The third kappa shape index (κ3) is 5.85. The van der Waals surface area contributed by atoms with Crippen LogP contribution in [0.5, 0.6) is 74.7 Å². The summed E-state index contributed by atoms with van der Waals surface area (Å²) >= 11 is 0. The predicted molar refractivity (Wildman–Crippen MR) is 178 cm³/mol. The number of aromatic hydroxyl groups is 11. The van der Waals surface area contributed by atoms with Crippen molar-refractivity contribution >= 4 is 5.97 Å². The van der Waals surface area contributed by atoms with Gasteiger partial charge in [-0.25, -0.2) is 4.79 Å². The van der Waals surface area contributed by atoms with Gasteiger partial charge in [-0.1, -0.05) is 12.1 Å². The molecule has 5 aromatic carbocycles. The second-order valence-electron chi connectivity index (χ2n) is 12.6. The second kappa shape index (κ2) is 12.6. The van der Waals surface area contributed by atoms with Crippen molar-refractivity contribution in [1.82, 2.24) is 0 Å². The third-order valence-electron chi connectivity index (χ3n) is 9.22. The molecule has 0 aromatic heterocycles. The molecular formula is C37H30O16. The summed E-state index contributed by atoms with van der Waals surface area (Å²) in [5.41, 5.74) is -0.556. The van der Waals surface area contributed by atoms with Gasteiger partial charge in [0, 0.05) is 46.9 Å². The zero-order valence-electron chi connectivity index (χ0n) is 26.9. The molecule has 0 unspecified atom stereocenters. The van der Waals surface area contributed by atoms with Gasteiger partial charge in [-0.3, -0.25) is 0 Å². The Hall–Kier alpha value is -7.07. The van der Waals surface area contributed by atoms with Crippen molar-refractivity contribution in [3.05, 3.63) is 100 Å². The number of hydrogen-bond donors (Lipinski definition) is 12. The van der Waals surface area contributed by atoms with E-state index in [1.165, 1.54) is 12.1 Å². The molecule has 2 aliphatic rings. The summed E-state index contributed by atoms with van der Waals surface area (Å²) in [4.78, 5) is 13.4. The molecule has 2 aliphatic heterocycles. The van der Waals surface area contributed by atoms with Crippen LogP contribution >= 0.6 is 0 Å². The number of phenolic OH excluding ortho intramolecular Hbond substituents is 11. The fourth-order valence-electron chi connectivity index (χ4n) is 6.72. The van der Waals surface area contributed by atoms with Crippen LogP contribution in [0.15, 0.2) is 66.7 Å². The maximum absolute atomic E-state index is 13.4. The highest BCUT2D eigenvalue weighted by molar-refractivity contribution is 5.91. The van der Waals surface area contributed by atoms with Crippen molar-refractivity contribution in [2.75, 3.05) is 0 Å². The summed E-state index contributed by atoms with van der Waals surface area (Å²) in [5, 5.41) is 126. The van der Waals surface area contributed by atoms with E-state index in [0.717, 1.165) is 54.6 Å². The highest BCUT2D eigenvalue weighted by Crippen LogP contribution is 2.57. The zero-order valence-corrected chi connectivity index (χ0v) is 26.9. The van der Waals surface area contributed by atoms with Gasteiger partial charge in [0.05, 0.1) is 11.5 Å². The lowest BCUT2D eigenvalue weighted by Crippen LogP contribution is -2.38. The zero-order chi connectivity index (χ0) is 38.0. The van der Waals surface area contributed by atoms with E-state index in [2.05, 4.69) is 0 Å². The number of carbonyl (C=O) groups is 1. The summed E-state index contributed by atoms with van der Waals surface area (Å²) < 4.78 is 18.1. The Balaban J connectivity index is 1.39. The van der Waals surface area contributed by atoms with E-state index >= 15 is 0 Å². The van der Waals surface area contributed by atoms with E-state index < -0.39 is 105 Å². The van der Waals surface area contributed by atoms with Gasteiger partial charge in [-0.2, -0.15) is 0 Å². The molecule has 0 amide bonds. The molecule has 16 heteroatoms. The molecule has 0 aliphatic carbocycles. The number of rotatable bonds is 5. The molecule has 0 saturated carbocycles. The number of hydrogen-bond acceptors (Lipinski definition) is 16. The maximum atomic E-state index is 13.4. The van der Waals surface area contributed by atoms with Crippen LogP contribution in [0.3, 0.4) is 0 Å². The second-order valence-corrected chi connectivity index (χ2v) is 12.6. The lowest BCUT2D eigenvalue weighted by Gasteiger charge is -2.40. The van der Waals surface area contributed by atoms with Gasteiger partial charge >= 0.3 is 5.97 Å². The van der Waals surface area contributed by atoms with Crippen LogP contribution in [0.4, 0.5) is 0 Å². The fourth-order valence-corrected chi connectivity index (χ4v) is 6.72. The Morgan fingerprint density at radius 3 is 1.77 bits per heavy atom. The molecule has 0 saturated heterocycles. The molecule has 2 heterocycles. The van der Waals surface area contributed by atoms with Crippen molar-refractivity contribution in [3.63, 3.8) is 0 Å². The first-order valence-electron chi connectivity index (χ1n) is 15.8. The van der Waals surface area contributed by atoms with Crippen LogP contribution in [0.2, 0.25) is 0 Å². The quantitative estimate of drug-likeness (QED) is 0.0899.